The molecular formula is C15H15ClN2O2S2. The van der Waals surface area contributed by atoms with Gasteiger partial charge in [0.05, 0.1) is 17.2 Å². The van der Waals surface area contributed by atoms with Crippen LogP contribution in [-0.2, 0) is 9.84 Å². The van der Waals surface area contributed by atoms with Gasteiger partial charge in [-0.05, 0) is 31.5 Å². The van der Waals surface area contributed by atoms with Crippen molar-refractivity contribution in [1.29, 1.82) is 0 Å². The first-order chi connectivity index (χ1) is 10.4. The van der Waals surface area contributed by atoms with Crippen LogP contribution in [0.15, 0.2) is 35.5 Å². The smallest absolute Gasteiger partial charge is 0.188 e. The molecule has 0 bridgehead atoms. The molecule has 0 unspecified atom stereocenters. The van der Waals surface area contributed by atoms with Crippen LogP contribution in [0.4, 0.5) is 0 Å². The second kappa shape index (κ2) is 6.18. The summed E-state index contributed by atoms with van der Waals surface area (Å²) in [5.74, 6) is 0.478. The number of aromatic nitrogens is 2. The first-order valence-electron chi connectivity index (χ1n) is 6.90. The Hall–Kier alpha value is -1.11. The van der Waals surface area contributed by atoms with Crippen LogP contribution in [-0.4, -0.2) is 35.1 Å². The van der Waals surface area contributed by atoms with E-state index in [1.54, 1.807) is 0 Å². The highest BCUT2D eigenvalue weighted by Crippen LogP contribution is 2.30. The number of hydrogen-bond donors (Lipinski definition) is 0. The molecule has 0 radical (unpaired) electrons. The maximum Gasteiger partial charge on any atom is 0.188 e. The maximum absolute atomic E-state index is 11.6. The van der Waals surface area contributed by atoms with Crippen LogP contribution in [0.25, 0.3) is 11.3 Å². The molecule has 2 heterocycles. The van der Waals surface area contributed by atoms with Crippen LogP contribution in [0, 0.1) is 6.92 Å². The Morgan fingerprint density at radius 2 is 1.95 bits per heavy atom. The molecule has 1 saturated heterocycles. The van der Waals surface area contributed by atoms with Gasteiger partial charge in [0.15, 0.2) is 15.0 Å². The largest absolute Gasteiger partial charge is 0.229 e. The first kappa shape index (κ1) is 15.8. The van der Waals surface area contributed by atoms with Crippen molar-refractivity contribution in [3.63, 3.8) is 0 Å². The van der Waals surface area contributed by atoms with Crippen molar-refractivity contribution in [3.05, 3.63) is 41.0 Å². The van der Waals surface area contributed by atoms with Crippen LogP contribution >= 0.6 is 23.4 Å². The van der Waals surface area contributed by atoms with Gasteiger partial charge in [0.1, 0.15) is 0 Å². The summed E-state index contributed by atoms with van der Waals surface area (Å²) in [6.07, 6.45) is 0.667. The average molecular weight is 355 g/mol. The molecular weight excluding hydrogens is 340 g/mol. The lowest BCUT2D eigenvalue weighted by atomic mass is 10.1. The van der Waals surface area contributed by atoms with Crippen molar-refractivity contribution in [2.24, 2.45) is 0 Å². The van der Waals surface area contributed by atoms with Crippen LogP contribution in [0.2, 0.25) is 5.02 Å². The monoisotopic (exact) mass is 354 g/mol. The van der Waals surface area contributed by atoms with Gasteiger partial charge in [-0.15, -0.1) is 0 Å². The number of thioether (sulfide) groups is 1. The van der Waals surface area contributed by atoms with E-state index in [0.29, 0.717) is 16.6 Å². The van der Waals surface area contributed by atoms with Gasteiger partial charge >= 0.3 is 0 Å². The van der Waals surface area contributed by atoms with Crippen LogP contribution in [0.1, 0.15) is 12.1 Å². The van der Waals surface area contributed by atoms with Crippen LogP contribution in [0.5, 0.6) is 0 Å². The fraction of sp³-hybridized carbons (Fsp3) is 0.333. The van der Waals surface area contributed by atoms with Crippen molar-refractivity contribution in [2.75, 3.05) is 11.5 Å². The van der Waals surface area contributed by atoms with E-state index in [1.165, 1.54) is 11.8 Å². The van der Waals surface area contributed by atoms with Crippen molar-refractivity contribution < 1.29 is 8.42 Å². The second-order valence-corrected chi connectivity index (χ2v) is 9.26. The number of halogens is 1. The first-order valence-corrected chi connectivity index (χ1v) is 9.98. The molecule has 2 aromatic rings. The van der Waals surface area contributed by atoms with Crippen molar-refractivity contribution in [3.8, 4) is 11.3 Å². The molecule has 0 spiro atoms. The fourth-order valence-corrected chi connectivity index (χ4v) is 5.96. The Balaban J connectivity index is 1.85. The van der Waals surface area contributed by atoms with E-state index in [-0.39, 0.29) is 16.8 Å². The molecule has 3 rings (SSSR count). The average Bonchev–Trinajstić information content (AvgIpc) is 2.78. The van der Waals surface area contributed by atoms with Gasteiger partial charge in [0.2, 0.25) is 0 Å². The molecule has 22 heavy (non-hydrogen) atoms. The second-order valence-electron chi connectivity index (χ2n) is 5.33. The molecule has 116 valence electrons. The Morgan fingerprint density at radius 3 is 2.59 bits per heavy atom. The number of aryl methyl sites for hydroxylation is 1. The molecule has 1 atom stereocenters. The topological polar surface area (TPSA) is 59.9 Å². The van der Waals surface area contributed by atoms with Crippen LogP contribution in [0.3, 0.4) is 0 Å². The SMILES string of the molecule is Cc1cc(-c2ccc(Cl)cc2)nc(S[C@@H]2CCS(=O)(=O)C2)n1. The lowest BCUT2D eigenvalue weighted by Crippen LogP contribution is -2.07. The summed E-state index contributed by atoms with van der Waals surface area (Å²) in [7, 11) is -2.88. The number of benzene rings is 1. The standard InChI is InChI=1S/C15H15ClN2O2S2/c1-10-8-14(11-2-4-12(16)5-3-11)18-15(17-10)21-13-6-7-22(19,20)9-13/h2-5,8,13H,6-7,9H2,1H3/t13-/m1/s1. The summed E-state index contributed by atoms with van der Waals surface area (Å²) in [5, 5.41) is 1.36. The minimum Gasteiger partial charge on any atom is -0.229 e. The molecule has 0 N–H and O–H groups in total. The number of rotatable bonds is 3. The number of sulfone groups is 1. The van der Waals surface area contributed by atoms with E-state index in [9.17, 15) is 8.42 Å². The van der Waals surface area contributed by atoms with Gasteiger partial charge < -0.3 is 0 Å². The summed E-state index contributed by atoms with van der Waals surface area (Å²) in [6, 6.07) is 9.39. The fourth-order valence-electron chi connectivity index (χ4n) is 2.37. The zero-order valence-corrected chi connectivity index (χ0v) is 14.4. The summed E-state index contributed by atoms with van der Waals surface area (Å²) >= 11 is 7.36. The van der Waals surface area contributed by atoms with E-state index in [2.05, 4.69) is 9.97 Å². The van der Waals surface area contributed by atoms with Crippen molar-refractivity contribution in [2.45, 2.75) is 23.8 Å². The molecule has 4 nitrogen and oxygen atoms in total. The van der Waals surface area contributed by atoms with Gasteiger partial charge in [-0.3, -0.25) is 0 Å². The number of hydrogen-bond acceptors (Lipinski definition) is 5. The molecule has 0 aliphatic carbocycles. The zero-order valence-electron chi connectivity index (χ0n) is 12.0. The van der Waals surface area contributed by atoms with Crippen LogP contribution < -0.4 is 0 Å². The van der Waals surface area contributed by atoms with E-state index in [4.69, 9.17) is 11.6 Å². The van der Waals surface area contributed by atoms with Gasteiger partial charge in [0, 0.05) is 21.5 Å². The number of nitrogens with zero attached hydrogens (tertiary/aromatic N) is 2. The predicted octanol–water partition coefficient (Wildman–Crippen LogP) is 3.38. The van der Waals surface area contributed by atoms with Gasteiger partial charge in [-0.2, -0.15) is 0 Å². The third kappa shape index (κ3) is 3.80. The van der Waals surface area contributed by atoms with E-state index >= 15 is 0 Å². The van der Waals surface area contributed by atoms with E-state index in [0.717, 1.165) is 17.0 Å². The third-order valence-corrected chi connectivity index (χ3v) is 6.80. The van der Waals surface area contributed by atoms with E-state index < -0.39 is 9.84 Å². The van der Waals surface area contributed by atoms with Gasteiger partial charge in [-0.1, -0.05) is 35.5 Å². The molecule has 1 fully saturated rings. The Kier molecular flexibility index (Phi) is 4.43. The quantitative estimate of drug-likeness (QED) is 0.791. The minimum absolute atomic E-state index is 0.0462. The Labute approximate surface area is 139 Å². The molecule has 0 amide bonds. The molecule has 7 heteroatoms. The summed E-state index contributed by atoms with van der Waals surface area (Å²) in [6.45, 7) is 1.91. The maximum atomic E-state index is 11.6. The molecule has 1 aromatic carbocycles. The van der Waals surface area contributed by atoms with Crippen molar-refractivity contribution in [1.82, 2.24) is 9.97 Å². The molecule has 1 aliphatic heterocycles. The highest BCUT2D eigenvalue weighted by molar-refractivity contribution is 8.01. The van der Waals surface area contributed by atoms with E-state index in [1.807, 2.05) is 37.3 Å². The normalized spacial score (nSPS) is 20.2. The lowest BCUT2D eigenvalue weighted by molar-refractivity contribution is 0.602. The van der Waals surface area contributed by atoms with Crippen molar-refractivity contribution >= 4 is 33.2 Å². The van der Waals surface area contributed by atoms with Gasteiger partial charge in [-0.25, -0.2) is 18.4 Å². The zero-order chi connectivity index (χ0) is 15.7. The molecule has 1 aliphatic rings. The highest BCUT2D eigenvalue weighted by atomic mass is 35.5. The predicted molar refractivity (Wildman–Crippen MR) is 90.1 cm³/mol. The third-order valence-electron chi connectivity index (χ3n) is 3.44. The molecule has 1 aromatic heterocycles. The highest BCUT2D eigenvalue weighted by Gasteiger charge is 2.29. The lowest BCUT2D eigenvalue weighted by Gasteiger charge is -2.09. The summed E-state index contributed by atoms with van der Waals surface area (Å²) in [5.41, 5.74) is 2.66. The van der Waals surface area contributed by atoms with Gasteiger partial charge in [0.25, 0.3) is 0 Å². The Bertz CT molecular complexity index is 792. The Morgan fingerprint density at radius 1 is 1.23 bits per heavy atom. The summed E-state index contributed by atoms with van der Waals surface area (Å²) < 4.78 is 23.1. The molecule has 0 saturated carbocycles. The summed E-state index contributed by atoms with van der Waals surface area (Å²) in [4.78, 5) is 8.98. The minimum atomic E-state index is -2.88.